The fraction of sp³-hybridized carbons (Fsp3) is 0.811. The van der Waals surface area contributed by atoms with Crippen molar-refractivity contribution in [1.82, 2.24) is 45.8 Å². The summed E-state index contributed by atoms with van der Waals surface area (Å²) < 4.78 is 67.2. The fourth-order valence-electron chi connectivity index (χ4n) is 17.8. The van der Waals surface area contributed by atoms with Gasteiger partial charge in [0.05, 0.1) is 80.4 Å². The number of hydrogen-bond acceptors (Lipinski definition) is 22. The molecular formula is C74H114N10O19. The summed E-state index contributed by atoms with van der Waals surface area (Å²) in [5.74, 6) is -3.86. The van der Waals surface area contributed by atoms with Crippen LogP contribution >= 0.6 is 0 Å². The van der Waals surface area contributed by atoms with Crippen LogP contribution in [0.4, 0.5) is 4.79 Å². The average Bonchev–Trinajstić information content (AvgIpc) is 1.55. The zero-order valence-electron chi connectivity index (χ0n) is 60.8. The summed E-state index contributed by atoms with van der Waals surface area (Å²) in [6.45, 7) is 22.4. The number of carbonyl (C=O) groups is 8. The van der Waals surface area contributed by atoms with E-state index in [1.165, 1.54) is 12.2 Å². The lowest BCUT2D eigenvalue weighted by molar-refractivity contribution is -0.292. The van der Waals surface area contributed by atoms with Crippen LogP contribution in [0.1, 0.15) is 136 Å². The number of nitrogens with two attached hydrogens (primary N) is 1. The van der Waals surface area contributed by atoms with Gasteiger partial charge in [0.25, 0.3) is 11.8 Å². The number of rotatable bonds is 21. The molecule has 7 N–H and O–H groups in total. The zero-order chi connectivity index (χ0) is 72.6. The second-order valence-electron chi connectivity index (χ2n) is 31.3. The summed E-state index contributed by atoms with van der Waals surface area (Å²) >= 11 is 0. The van der Waals surface area contributed by atoms with Gasteiger partial charge in [-0.05, 0) is 87.2 Å². The number of amides is 8. The molecule has 13 saturated heterocycles. The molecule has 13 fully saturated rings. The van der Waals surface area contributed by atoms with Crippen LogP contribution in [0.3, 0.4) is 0 Å². The third-order valence-corrected chi connectivity index (χ3v) is 23.7. The van der Waals surface area contributed by atoms with E-state index in [0.29, 0.717) is 124 Å². The van der Waals surface area contributed by atoms with Crippen molar-refractivity contribution in [2.24, 2.45) is 23.5 Å². The molecule has 0 aromatic rings. The normalized spacial score (nSPS) is 37.4. The first-order valence-corrected chi connectivity index (χ1v) is 38.4. The lowest BCUT2D eigenvalue weighted by atomic mass is 9.81. The molecule has 0 saturated carbocycles. The Hall–Kier alpha value is -5.38. The SMILES string of the molecule is C=C1C[C@@H]2CC[C@@]34C[C@H]5OC6C(O[C@H]7CC[C@H](CC(=O)C[C@@H]8[C@@H](OC)[C@@H](C[C@H](O)CNC(=O)[C@H](CCCNC(N)=O)NC(=O)[C@@H](NC(=O)CCN9CCN%10CCOCCN(CC9)CCN(C(=O)CCCN9C(=O)C=CC9=O)CC%10)C(C)C)O[C@H]8C[C@H]8O[C@@H](CC[C@@H]1O2)C[C@@H](C)C8=C)O[C@@H]7[C@@H]6O3)[C@H]5O4. The lowest BCUT2D eigenvalue weighted by Crippen LogP contribution is -2.61. The molecule has 29 nitrogen and oxygen atoms in total. The number of nitrogens with zero attached hydrogens (tertiary/aromatic N) is 5. The quantitative estimate of drug-likeness (QED) is 0.0539. The highest BCUT2D eigenvalue weighted by Crippen LogP contribution is 2.55. The first-order valence-electron chi connectivity index (χ1n) is 38.4. The Kier molecular flexibility index (Phi) is 26.3. The standard InChI is InChI=1S/C74H114N10O19/c1-43(2)64(79-60(87)18-22-80-23-25-81-27-29-83(30-28-82(26-24-80)32-34-95-33-31-81)61(88)10-8-21-84-62(89)15-16-63(84)90)72(92)78-53(9-7-20-76-73(75)93)71(91)77-42-48(86)39-58-65(94-6)52-38-47(85)37-50-12-14-55-66(98-50)70-69-68(100-55)67-59(101-69)41-74(102-67,103-70)19-17-51-36-45(4)54(96-51)13-11-49-35-44(3)46(5)56(97-49)40-57(52)99-58/h15-16,43-44,48-59,64-70,86H,4-5,7-14,17-42H2,1-3,6H3,(H,77,91)(H,78,92)(H,79,87)(H3,75,76,93)/t44-,48+,49+,50-,51+,52+,53+,54+,55+,56-,57+,58-,59-,64+,65-,66+,67+,68?,69?,70+,74+/m1/s1. The largest absolute Gasteiger partial charge is 0.391 e. The predicted molar refractivity (Wildman–Crippen MR) is 372 cm³/mol. The van der Waals surface area contributed by atoms with Gasteiger partial charge in [-0.1, -0.05) is 33.9 Å². The van der Waals surface area contributed by atoms with Gasteiger partial charge in [-0.25, -0.2) is 4.79 Å². The molecule has 14 aliphatic rings. The highest BCUT2D eigenvalue weighted by atomic mass is 16.8. The number of ketones is 1. The van der Waals surface area contributed by atoms with E-state index in [2.05, 4.69) is 56.0 Å². The Morgan fingerprint density at radius 2 is 1.38 bits per heavy atom. The molecule has 14 heterocycles. The predicted octanol–water partition coefficient (Wildman–Crippen LogP) is 1.54. The van der Waals surface area contributed by atoms with Crippen LogP contribution in [0, 0.1) is 17.8 Å². The lowest BCUT2D eigenvalue weighted by Gasteiger charge is -2.47. The van der Waals surface area contributed by atoms with Gasteiger partial charge in [-0.3, -0.25) is 48.3 Å². The minimum Gasteiger partial charge on any atom is -0.391 e. The van der Waals surface area contributed by atoms with Crippen LogP contribution < -0.4 is 27.0 Å². The van der Waals surface area contributed by atoms with Gasteiger partial charge in [0, 0.05) is 168 Å². The summed E-state index contributed by atoms with van der Waals surface area (Å²) in [5, 5.41) is 23.1. The first-order chi connectivity index (χ1) is 49.6. The fourth-order valence-corrected chi connectivity index (χ4v) is 17.8. The number of fused-ring (bicyclic) bond motifs is 18. The molecule has 4 unspecified atom stereocenters. The smallest absolute Gasteiger partial charge is 0.312 e. The monoisotopic (exact) mass is 1450 g/mol. The average molecular weight is 1450 g/mol. The molecule has 29 heteroatoms. The molecule has 0 aromatic carbocycles. The molecule has 0 radical (unpaired) electrons. The van der Waals surface area contributed by atoms with Gasteiger partial charge < -0.3 is 89.3 Å². The molecule has 23 atom stereocenters. The van der Waals surface area contributed by atoms with Crippen molar-refractivity contribution in [2.75, 3.05) is 112 Å². The number of imide groups is 1. The van der Waals surface area contributed by atoms with Crippen LogP contribution in [0.5, 0.6) is 0 Å². The number of aliphatic hydroxyl groups excluding tert-OH is 1. The van der Waals surface area contributed by atoms with Crippen LogP contribution in [0.15, 0.2) is 36.5 Å². The number of primary amides is 1. The Morgan fingerprint density at radius 3 is 2.11 bits per heavy atom. The molecule has 14 aliphatic heterocycles. The minimum absolute atomic E-state index is 0.0195. The number of methoxy groups -OCH3 is 1. The molecule has 14 bridgehead atoms. The van der Waals surface area contributed by atoms with Crippen molar-refractivity contribution in [2.45, 2.75) is 252 Å². The van der Waals surface area contributed by atoms with Crippen LogP contribution in [-0.4, -0.2) is 304 Å². The van der Waals surface area contributed by atoms with Gasteiger partial charge in [0.15, 0.2) is 5.79 Å². The molecule has 574 valence electrons. The number of nitrogens with one attached hydrogen (secondary N) is 4. The maximum absolute atomic E-state index is 14.7. The number of urea groups is 1. The summed E-state index contributed by atoms with van der Waals surface area (Å²) in [6, 6.07) is -2.91. The van der Waals surface area contributed by atoms with Crippen molar-refractivity contribution in [3.8, 4) is 0 Å². The number of aliphatic hydroxyl groups is 1. The Labute approximate surface area is 605 Å². The molecule has 1 spiro atoms. The summed E-state index contributed by atoms with van der Waals surface area (Å²) in [6.07, 6.45) is 4.20. The van der Waals surface area contributed by atoms with Crippen molar-refractivity contribution in [3.63, 3.8) is 0 Å². The highest BCUT2D eigenvalue weighted by Gasteiger charge is 2.69. The van der Waals surface area contributed by atoms with Crippen molar-refractivity contribution in [1.29, 1.82) is 0 Å². The van der Waals surface area contributed by atoms with E-state index >= 15 is 0 Å². The topological polar surface area (TPSA) is 339 Å². The van der Waals surface area contributed by atoms with E-state index < -0.39 is 90.5 Å². The zero-order valence-corrected chi connectivity index (χ0v) is 60.8. The van der Waals surface area contributed by atoms with Crippen molar-refractivity contribution >= 4 is 47.3 Å². The van der Waals surface area contributed by atoms with Gasteiger partial charge in [0.1, 0.15) is 48.4 Å². The molecule has 0 aromatic heterocycles. The second-order valence-corrected chi connectivity index (χ2v) is 31.3. The maximum atomic E-state index is 14.7. The second kappa shape index (κ2) is 35.1. The first kappa shape index (κ1) is 77.2. The maximum Gasteiger partial charge on any atom is 0.312 e. The van der Waals surface area contributed by atoms with Crippen molar-refractivity contribution < 1.29 is 90.8 Å². The number of Topliss-reactive ketones (excluding diaryl/α,β-unsaturated/α-hetero) is 1. The Bertz CT molecular complexity index is 3030. The molecule has 8 amide bonds. The minimum atomic E-state index is -1.18. The Balaban J connectivity index is 0.664. The molecule has 103 heavy (non-hydrogen) atoms. The van der Waals surface area contributed by atoms with Gasteiger partial charge in [-0.2, -0.15) is 0 Å². The van der Waals surface area contributed by atoms with Gasteiger partial charge >= 0.3 is 6.03 Å². The van der Waals surface area contributed by atoms with E-state index in [-0.39, 0.29) is 155 Å². The van der Waals surface area contributed by atoms with Crippen molar-refractivity contribution in [3.05, 3.63) is 36.5 Å². The van der Waals surface area contributed by atoms with E-state index in [9.17, 15) is 43.5 Å². The van der Waals surface area contributed by atoms with E-state index in [1.807, 2.05) is 4.90 Å². The molecule has 14 rings (SSSR count). The van der Waals surface area contributed by atoms with E-state index in [4.69, 9.17) is 53.1 Å². The van der Waals surface area contributed by atoms with Gasteiger partial charge in [-0.15, -0.1) is 0 Å². The Morgan fingerprint density at radius 1 is 0.689 bits per heavy atom. The third-order valence-electron chi connectivity index (χ3n) is 23.7. The summed E-state index contributed by atoms with van der Waals surface area (Å²) in [4.78, 5) is 117. The van der Waals surface area contributed by atoms with Gasteiger partial charge in [0.2, 0.25) is 23.6 Å². The van der Waals surface area contributed by atoms with Crippen LogP contribution in [0.25, 0.3) is 0 Å². The number of ether oxygens (including phenoxy) is 10. The van der Waals surface area contributed by atoms with Crippen LogP contribution in [-0.2, 0) is 80.9 Å². The molecular weight excluding hydrogens is 1330 g/mol. The summed E-state index contributed by atoms with van der Waals surface area (Å²) in [7, 11) is 1.58. The number of hydrogen-bond donors (Lipinski definition) is 6. The number of carbonyl (C=O) groups excluding carboxylic acids is 8. The molecule has 0 aliphatic carbocycles. The van der Waals surface area contributed by atoms with E-state index in [0.717, 1.165) is 48.2 Å². The van der Waals surface area contributed by atoms with Crippen LogP contribution in [0.2, 0.25) is 0 Å². The highest BCUT2D eigenvalue weighted by molar-refractivity contribution is 6.12. The van der Waals surface area contributed by atoms with E-state index in [1.54, 1.807) is 21.0 Å². The third kappa shape index (κ3) is 19.3. The summed E-state index contributed by atoms with van der Waals surface area (Å²) in [5.41, 5.74) is 7.41.